The molecule has 13 heavy (non-hydrogen) atoms. The van der Waals surface area contributed by atoms with E-state index in [4.69, 9.17) is 16.7 Å². The Morgan fingerprint density at radius 1 is 1.46 bits per heavy atom. The van der Waals surface area contributed by atoms with Gasteiger partial charge in [-0.2, -0.15) is 0 Å². The van der Waals surface area contributed by atoms with Gasteiger partial charge in [0.1, 0.15) is 0 Å². The molecule has 0 spiro atoms. The molecule has 1 aromatic rings. The molecular weight excluding hydrogens is 194 g/mol. The van der Waals surface area contributed by atoms with Gasteiger partial charge in [-0.1, -0.05) is 29.8 Å². The zero-order valence-electron chi connectivity index (χ0n) is 6.48. The van der Waals surface area contributed by atoms with Crippen LogP contribution in [0.5, 0.6) is 0 Å². The average molecular weight is 200 g/mol. The Kier molecular flexibility index (Phi) is 3.16. The largest absolute Gasteiger partial charge is 0.565 e. The summed E-state index contributed by atoms with van der Waals surface area (Å²) in [4.78, 5) is 10.1. The second-order valence-corrected chi connectivity index (χ2v) is 2.66. The molecule has 0 radical (unpaired) electrons. The summed E-state index contributed by atoms with van der Waals surface area (Å²) in [7, 11) is -1.54. The molecule has 0 aromatic heterocycles. The molecule has 0 fully saturated rings. The van der Waals surface area contributed by atoms with Crippen molar-refractivity contribution in [1.29, 1.82) is 0 Å². The molecule has 4 nitrogen and oxygen atoms in total. The Hall–Kier alpha value is -1.20. The monoisotopic (exact) mass is 200 g/mol. The lowest BCUT2D eigenvalue weighted by molar-refractivity contribution is 0.137. The lowest BCUT2D eigenvalue weighted by Crippen LogP contribution is -2.36. The molecule has 6 heteroatoms. The fourth-order valence-corrected chi connectivity index (χ4v) is 1.06. The summed E-state index contributed by atoms with van der Waals surface area (Å²) >= 11 is 5.67. The van der Waals surface area contributed by atoms with Crippen molar-refractivity contribution in [3.63, 3.8) is 0 Å². The zero-order valence-corrected chi connectivity index (χ0v) is 7.23. The van der Waals surface area contributed by atoms with Crippen LogP contribution in [0.15, 0.2) is 24.3 Å². The first kappa shape index (κ1) is 9.89. The first-order chi connectivity index (χ1) is 6.11. The number of carboxylic acid groups (broad SMARTS) is 1. The molecular formula is C7H6BClO4. The maximum Gasteiger partial charge on any atom is 0.565 e. The van der Waals surface area contributed by atoms with Crippen LogP contribution >= 0.6 is 11.6 Å². The molecule has 1 rings (SSSR count). The van der Waals surface area contributed by atoms with Gasteiger partial charge in [-0.15, -0.1) is 0 Å². The SMILES string of the molecule is O=C(O)OB(O)c1ccccc1Cl. The summed E-state index contributed by atoms with van der Waals surface area (Å²) in [6.07, 6.45) is -1.55. The van der Waals surface area contributed by atoms with Crippen LogP contribution in [0.2, 0.25) is 5.02 Å². The van der Waals surface area contributed by atoms with E-state index in [0.717, 1.165) is 0 Å². The molecule has 0 bridgehead atoms. The predicted octanol–water partition coefficient (Wildman–Crippen LogP) is 0.722. The van der Waals surface area contributed by atoms with Gasteiger partial charge in [0.05, 0.1) is 0 Å². The molecule has 0 heterocycles. The van der Waals surface area contributed by atoms with Gasteiger partial charge in [0.15, 0.2) is 0 Å². The van der Waals surface area contributed by atoms with Gasteiger partial charge in [-0.25, -0.2) is 4.79 Å². The molecule has 2 N–H and O–H groups in total. The van der Waals surface area contributed by atoms with Crippen molar-refractivity contribution in [2.75, 3.05) is 0 Å². The Bertz CT molecular complexity index is 317. The van der Waals surface area contributed by atoms with Crippen molar-refractivity contribution in [2.45, 2.75) is 0 Å². The maximum absolute atomic E-state index is 10.1. The molecule has 0 unspecified atom stereocenters. The number of rotatable bonds is 2. The minimum absolute atomic E-state index is 0.228. The number of hydrogen-bond donors (Lipinski definition) is 2. The third-order valence-electron chi connectivity index (χ3n) is 1.38. The van der Waals surface area contributed by atoms with E-state index in [-0.39, 0.29) is 10.5 Å². The van der Waals surface area contributed by atoms with Crippen molar-refractivity contribution in [1.82, 2.24) is 0 Å². The van der Waals surface area contributed by atoms with E-state index in [0.29, 0.717) is 0 Å². The van der Waals surface area contributed by atoms with Gasteiger partial charge in [-0.05, 0) is 6.07 Å². The number of benzene rings is 1. The van der Waals surface area contributed by atoms with Crippen LogP contribution in [0.3, 0.4) is 0 Å². The number of hydrogen-bond acceptors (Lipinski definition) is 3. The number of carbonyl (C=O) groups is 1. The van der Waals surface area contributed by atoms with Crippen molar-refractivity contribution in [3.05, 3.63) is 29.3 Å². The summed E-state index contributed by atoms with van der Waals surface area (Å²) in [6.45, 7) is 0. The highest BCUT2D eigenvalue weighted by atomic mass is 35.5. The number of halogens is 1. The van der Waals surface area contributed by atoms with Gasteiger partial charge >= 0.3 is 13.3 Å². The third-order valence-corrected chi connectivity index (χ3v) is 1.73. The molecule has 0 atom stereocenters. The van der Waals surface area contributed by atoms with Crippen LogP contribution in [0.1, 0.15) is 0 Å². The minimum Gasteiger partial charge on any atom is -0.473 e. The van der Waals surface area contributed by atoms with E-state index in [1.165, 1.54) is 12.1 Å². The first-order valence-corrected chi connectivity index (χ1v) is 3.81. The molecule has 0 aliphatic rings. The van der Waals surface area contributed by atoms with E-state index >= 15 is 0 Å². The van der Waals surface area contributed by atoms with Gasteiger partial charge in [0, 0.05) is 10.5 Å². The average Bonchev–Trinajstić information content (AvgIpc) is 2.03. The molecule has 0 saturated heterocycles. The zero-order chi connectivity index (χ0) is 9.84. The summed E-state index contributed by atoms with van der Waals surface area (Å²) in [5.41, 5.74) is 0.228. The quantitative estimate of drug-likeness (QED) is 0.691. The van der Waals surface area contributed by atoms with E-state index in [2.05, 4.69) is 4.65 Å². The second-order valence-electron chi connectivity index (χ2n) is 2.26. The molecule has 68 valence electrons. The van der Waals surface area contributed by atoms with Crippen molar-refractivity contribution < 1.29 is 19.6 Å². The van der Waals surface area contributed by atoms with E-state index in [1.54, 1.807) is 12.1 Å². The lowest BCUT2D eigenvalue weighted by atomic mass is 9.80. The van der Waals surface area contributed by atoms with Crippen LogP contribution in [0.4, 0.5) is 4.79 Å². The summed E-state index contributed by atoms with van der Waals surface area (Å²) in [6, 6.07) is 6.30. The van der Waals surface area contributed by atoms with Gasteiger partial charge < -0.3 is 14.8 Å². The summed E-state index contributed by atoms with van der Waals surface area (Å²) in [5.74, 6) is 0. The third kappa shape index (κ3) is 2.64. The van der Waals surface area contributed by atoms with E-state index in [1.807, 2.05) is 0 Å². The first-order valence-electron chi connectivity index (χ1n) is 3.43. The van der Waals surface area contributed by atoms with Crippen LogP contribution in [0.25, 0.3) is 0 Å². The Labute approximate surface area is 79.9 Å². The van der Waals surface area contributed by atoms with Gasteiger partial charge in [0.2, 0.25) is 0 Å². The van der Waals surface area contributed by atoms with Crippen molar-refractivity contribution >= 4 is 30.3 Å². The lowest BCUT2D eigenvalue weighted by Gasteiger charge is -2.05. The van der Waals surface area contributed by atoms with Crippen LogP contribution in [0, 0.1) is 0 Å². The Morgan fingerprint density at radius 3 is 2.62 bits per heavy atom. The smallest absolute Gasteiger partial charge is 0.473 e. The van der Waals surface area contributed by atoms with E-state index in [9.17, 15) is 9.82 Å². The predicted molar refractivity (Wildman–Crippen MR) is 48.2 cm³/mol. The Balaban J connectivity index is 2.82. The molecule has 0 aliphatic carbocycles. The highest BCUT2D eigenvalue weighted by molar-refractivity contribution is 6.65. The fraction of sp³-hybridized carbons (Fsp3) is 0. The highest BCUT2D eigenvalue weighted by Crippen LogP contribution is 2.04. The van der Waals surface area contributed by atoms with Crippen LogP contribution in [-0.4, -0.2) is 23.4 Å². The van der Waals surface area contributed by atoms with Crippen LogP contribution < -0.4 is 5.46 Å². The van der Waals surface area contributed by atoms with Crippen LogP contribution in [-0.2, 0) is 4.65 Å². The summed E-state index contributed by atoms with van der Waals surface area (Å²) < 4.78 is 4.10. The topological polar surface area (TPSA) is 66.8 Å². The second kappa shape index (κ2) is 4.16. The maximum atomic E-state index is 10.1. The van der Waals surface area contributed by atoms with E-state index < -0.39 is 13.3 Å². The van der Waals surface area contributed by atoms with Crippen molar-refractivity contribution in [2.24, 2.45) is 0 Å². The molecule has 0 aliphatic heterocycles. The normalized spacial score (nSPS) is 9.38. The molecule has 1 aromatic carbocycles. The molecule has 0 saturated carbocycles. The minimum atomic E-state index is -1.55. The summed E-state index contributed by atoms with van der Waals surface area (Å²) in [5, 5.41) is 17.7. The fourth-order valence-electron chi connectivity index (χ4n) is 0.834. The van der Waals surface area contributed by atoms with Crippen molar-refractivity contribution in [3.8, 4) is 0 Å². The molecule has 0 amide bonds. The van der Waals surface area contributed by atoms with Gasteiger partial charge in [0.25, 0.3) is 0 Å². The standard InChI is InChI=1S/C7H6BClO4/c9-6-4-2-1-3-5(6)8(12)13-7(10)11/h1-4,12H,(H,10,11). The van der Waals surface area contributed by atoms with Gasteiger partial charge in [-0.3, -0.25) is 0 Å². The highest BCUT2D eigenvalue weighted by Gasteiger charge is 2.23. The Morgan fingerprint density at radius 2 is 2.08 bits per heavy atom.